The molecule has 1 saturated carbocycles. The third kappa shape index (κ3) is 6.20. The number of rotatable bonds is 7. The van der Waals surface area contributed by atoms with Gasteiger partial charge >= 0.3 is 0 Å². The molecule has 0 amide bonds. The van der Waals surface area contributed by atoms with Crippen LogP contribution in [0.25, 0.3) is 0 Å². The maximum Gasteiger partial charge on any atom is 0.157 e. The zero-order valence-corrected chi connectivity index (χ0v) is 16.5. The SMILES string of the molecule is CCCC=CC1COC(CCC2CCC(C3CC=C(F)CC3)CC2)OC1. The first-order chi connectivity index (χ1) is 12.7. The van der Waals surface area contributed by atoms with Crippen molar-refractivity contribution in [2.45, 2.75) is 83.8 Å². The van der Waals surface area contributed by atoms with Crippen LogP contribution in [-0.2, 0) is 9.47 Å². The van der Waals surface area contributed by atoms with Gasteiger partial charge in [-0.2, -0.15) is 0 Å². The van der Waals surface area contributed by atoms with Crippen molar-refractivity contribution < 1.29 is 13.9 Å². The van der Waals surface area contributed by atoms with Gasteiger partial charge in [-0.3, -0.25) is 0 Å². The van der Waals surface area contributed by atoms with Crippen molar-refractivity contribution in [3.8, 4) is 0 Å². The molecule has 3 rings (SSSR count). The van der Waals surface area contributed by atoms with Crippen LogP contribution < -0.4 is 0 Å². The minimum Gasteiger partial charge on any atom is -0.352 e. The van der Waals surface area contributed by atoms with Crippen LogP contribution in [0.3, 0.4) is 0 Å². The molecule has 3 aliphatic rings. The number of ether oxygens (including phenoxy) is 2. The largest absolute Gasteiger partial charge is 0.352 e. The molecule has 148 valence electrons. The predicted molar refractivity (Wildman–Crippen MR) is 104 cm³/mol. The molecular formula is C23H37FO2. The zero-order valence-electron chi connectivity index (χ0n) is 16.5. The number of hydrogen-bond donors (Lipinski definition) is 0. The molecule has 0 aromatic heterocycles. The van der Waals surface area contributed by atoms with Crippen molar-refractivity contribution in [3.05, 3.63) is 24.1 Å². The first kappa shape index (κ1) is 20.1. The maximum absolute atomic E-state index is 13.2. The topological polar surface area (TPSA) is 18.5 Å². The fraction of sp³-hybridized carbons (Fsp3) is 0.826. The minimum absolute atomic E-state index is 0.00926. The van der Waals surface area contributed by atoms with Gasteiger partial charge in [0, 0.05) is 5.92 Å². The second kappa shape index (κ2) is 10.6. The van der Waals surface area contributed by atoms with E-state index in [1.54, 1.807) is 0 Å². The lowest BCUT2D eigenvalue weighted by atomic mass is 9.71. The van der Waals surface area contributed by atoms with Gasteiger partial charge in [-0.25, -0.2) is 4.39 Å². The van der Waals surface area contributed by atoms with E-state index in [9.17, 15) is 4.39 Å². The number of halogens is 1. The number of unbranched alkanes of at least 4 members (excludes halogenated alkanes) is 1. The molecule has 0 bridgehead atoms. The summed E-state index contributed by atoms with van der Waals surface area (Å²) in [6.07, 6.45) is 19.0. The Bertz CT molecular complexity index is 457. The Kier molecular flexibility index (Phi) is 8.19. The van der Waals surface area contributed by atoms with Crippen LogP contribution in [0, 0.1) is 23.7 Å². The maximum atomic E-state index is 13.2. The van der Waals surface area contributed by atoms with E-state index in [1.165, 1.54) is 38.5 Å². The third-order valence-corrected chi connectivity index (χ3v) is 6.62. The molecule has 1 atom stereocenters. The zero-order chi connectivity index (χ0) is 18.2. The molecule has 2 aliphatic carbocycles. The van der Waals surface area contributed by atoms with E-state index < -0.39 is 0 Å². The van der Waals surface area contributed by atoms with Crippen molar-refractivity contribution in [3.63, 3.8) is 0 Å². The molecule has 1 aliphatic heterocycles. The van der Waals surface area contributed by atoms with Crippen LogP contribution in [0.4, 0.5) is 4.39 Å². The summed E-state index contributed by atoms with van der Waals surface area (Å²) < 4.78 is 25.0. The van der Waals surface area contributed by atoms with Gasteiger partial charge in [-0.1, -0.05) is 44.4 Å². The van der Waals surface area contributed by atoms with Gasteiger partial charge < -0.3 is 9.47 Å². The molecule has 0 aromatic rings. The summed E-state index contributed by atoms with van der Waals surface area (Å²) in [6, 6.07) is 0. The number of allylic oxidation sites excluding steroid dienone is 3. The molecule has 2 fully saturated rings. The van der Waals surface area contributed by atoms with E-state index >= 15 is 0 Å². The fourth-order valence-corrected chi connectivity index (χ4v) is 4.86. The third-order valence-electron chi connectivity index (χ3n) is 6.62. The van der Waals surface area contributed by atoms with E-state index in [0.717, 1.165) is 56.7 Å². The van der Waals surface area contributed by atoms with Gasteiger partial charge in [0.15, 0.2) is 6.29 Å². The lowest BCUT2D eigenvalue weighted by Crippen LogP contribution is -2.31. The summed E-state index contributed by atoms with van der Waals surface area (Å²) in [5, 5.41) is 0. The average molecular weight is 365 g/mol. The van der Waals surface area contributed by atoms with Crippen molar-refractivity contribution in [2.24, 2.45) is 23.7 Å². The average Bonchev–Trinajstić information content (AvgIpc) is 2.69. The van der Waals surface area contributed by atoms with Crippen LogP contribution in [0.15, 0.2) is 24.1 Å². The standard InChI is InChI=1S/C23H37FO2/c1-2-3-4-5-19-16-25-23(26-17-19)15-8-18-6-9-20(10-7-18)21-11-13-22(24)14-12-21/h4-5,13,18-21,23H,2-3,6-12,14-17H2,1H3. The van der Waals surface area contributed by atoms with E-state index in [-0.39, 0.29) is 12.1 Å². The van der Waals surface area contributed by atoms with Gasteiger partial charge in [-0.15, -0.1) is 0 Å². The van der Waals surface area contributed by atoms with Gasteiger partial charge in [0.2, 0.25) is 0 Å². The molecule has 2 nitrogen and oxygen atoms in total. The van der Waals surface area contributed by atoms with Crippen LogP contribution in [0.5, 0.6) is 0 Å². The molecule has 0 aromatic carbocycles. The highest BCUT2D eigenvalue weighted by Crippen LogP contribution is 2.41. The van der Waals surface area contributed by atoms with Gasteiger partial charge in [0.1, 0.15) is 0 Å². The molecule has 0 N–H and O–H groups in total. The van der Waals surface area contributed by atoms with Crippen molar-refractivity contribution in [1.82, 2.24) is 0 Å². The van der Waals surface area contributed by atoms with Gasteiger partial charge in [0.25, 0.3) is 0 Å². The molecule has 1 unspecified atom stereocenters. The summed E-state index contributed by atoms with van der Waals surface area (Å²) in [7, 11) is 0. The Morgan fingerprint density at radius 3 is 2.46 bits per heavy atom. The summed E-state index contributed by atoms with van der Waals surface area (Å²) in [6.45, 7) is 3.82. The van der Waals surface area contributed by atoms with Gasteiger partial charge in [0.05, 0.1) is 19.0 Å². The van der Waals surface area contributed by atoms with Crippen molar-refractivity contribution in [1.29, 1.82) is 0 Å². The highest BCUT2D eigenvalue weighted by molar-refractivity contribution is 4.99. The Morgan fingerprint density at radius 1 is 1.04 bits per heavy atom. The molecule has 26 heavy (non-hydrogen) atoms. The van der Waals surface area contributed by atoms with Crippen LogP contribution in [0.2, 0.25) is 0 Å². The van der Waals surface area contributed by atoms with Crippen LogP contribution in [-0.4, -0.2) is 19.5 Å². The fourth-order valence-electron chi connectivity index (χ4n) is 4.86. The van der Waals surface area contributed by atoms with Gasteiger partial charge in [-0.05, 0) is 69.1 Å². The summed E-state index contributed by atoms with van der Waals surface area (Å²) in [4.78, 5) is 0. The highest BCUT2D eigenvalue weighted by Gasteiger charge is 2.29. The molecule has 1 heterocycles. The lowest BCUT2D eigenvalue weighted by molar-refractivity contribution is -0.197. The van der Waals surface area contributed by atoms with Crippen LogP contribution >= 0.6 is 0 Å². The molecule has 0 spiro atoms. The highest BCUT2D eigenvalue weighted by atomic mass is 19.1. The molecule has 3 heteroatoms. The lowest BCUT2D eigenvalue weighted by Gasteiger charge is -2.35. The van der Waals surface area contributed by atoms with Crippen molar-refractivity contribution in [2.75, 3.05) is 13.2 Å². The molecule has 1 saturated heterocycles. The van der Waals surface area contributed by atoms with E-state index in [4.69, 9.17) is 9.47 Å². The Morgan fingerprint density at radius 2 is 1.81 bits per heavy atom. The van der Waals surface area contributed by atoms with Crippen molar-refractivity contribution >= 4 is 0 Å². The summed E-state index contributed by atoms with van der Waals surface area (Å²) in [5.41, 5.74) is 0. The summed E-state index contributed by atoms with van der Waals surface area (Å²) in [5.74, 6) is 2.94. The van der Waals surface area contributed by atoms with E-state index in [2.05, 4.69) is 19.1 Å². The quantitative estimate of drug-likeness (QED) is 0.476. The van der Waals surface area contributed by atoms with Crippen LogP contribution in [0.1, 0.15) is 77.6 Å². The Labute approximate surface area is 159 Å². The first-order valence-corrected chi connectivity index (χ1v) is 11.0. The molecular weight excluding hydrogens is 327 g/mol. The van der Waals surface area contributed by atoms with E-state index in [0.29, 0.717) is 12.3 Å². The first-order valence-electron chi connectivity index (χ1n) is 11.0. The monoisotopic (exact) mass is 364 g/mol. The second-order valence-corrected chi connectivity index (χ2v) is 8.62. The molecule has 0 radical (unpaired) electrons. The van der Waals surface area contributed by atoms with E-state index in [1.807, 2.05) is 6.08 Å². The Hall–Kier alpha value is -0.670. The normalized spacial score (nSPS) is 36.2. The predicted octanol–water partition coefficient (Wildman–Crippen LogP) is 6.57. The smallest absolute Gasteiger partial charge is 0.157 e. The minimum atomic E-state index is 0.00926. The summed E-state index contributed by atoms with van der Waals surface area (Å²) >= 11 is 0. The Balaban J connectivity index is 1.29. The second-order valence-electron chi connectivity index (χ2n) is 8.62. The number of hydrogen-bond acceptors (Lipinski definition) is 2.